The average Bonchev–Trinajstić information content (AvgIpc) is 2.91. The van der Waals surface area contributed by atoms with E-state index in [-0.39, 0.29) is 6.04 Å². The highest BCUT2D eigenvalue weighted by atomic mass is 32.2. The molecule has 0 amide bonds. The van der Waals surface area contributed by atoms with E-state index in [0.717, 1.165) is 32.2 Å². The van der Waals surface area contributed by atoms with Crippen molar-refractivity contribution in [2.45, 2.75) is 55.2 Å². The van der Waals surface area contributed by atoms with Crippen LogP contribution in [0.1, 0.15) is 31.2 Å². The van der Waals surface area contributed by atoms with Gasteiger partial charge in [0.15, 0.2) is 0 Å². The molecule has 6 heteroatoms. The third-order valence-electron chi connectivity index (χ3n) is 5.78. The van der Waals surface area contributed by atoms with Gasteiger partial charge in [-0.2, -0.15) is 0 Å². The predicted octanol–water partition coefficient (Wildman–Crippen LogP) is 3.17. The molecule has 2 saturated heterocycles. The summed E-state index contributed by atoms with van der Waals surface area (Å²) in [5.74, 6) is 0.654. The number of hydrogen-bond donors (Lipinski definition) is 1. The van der Waals surface area contributed by atoms with Crippen LogP contribution in [0.2, 0.25) is 0 Å². The largest absolute Gasteiger partial charge is 0.497 e. The molecule has 4 rings (SSSR count). The fraction of sp³-hybridized carbons (Fsp3) is 0.429. The molecule has 2 fully saturated rings. The van der Waals surface area contributed by atoms with E-state index < -0.39 is 10.0 Å². The summed E-state index contributed by atoms with van der Waals surface area (Å²) >= 11 is 0. The van der Waals surface area contributed by atoms with Crippen LogP contribution in [0.5, 0.6) is 5.75 Å². The molecular weight excluding hydrogens is 360 g/mol. The van der Waals surface area contributed by atoms with Gasteiger partial charge in [0.05, 0.1) is 12.0 Å². The Morgan fingerprint density at radius 3 is 2.22 bits per heavy atom. The van der Waals surface area contributed by atoms with Gasteiger partial charge in [0.1, 0.15) is 5.75 Å². The number of fused-ring (bicyclic) bond motifs is 2. The Hall–Kier alpha value is -1.89. The Balaban J connectivity index is 1.42. The van der Waals surface area contributed by atoms with Gasteiger partial charge in [-0.05, 0) is 55.5 Å². The summed E-state index contributed by atoms with van der Waals surface area (Å²) in [5, 5.41) is 0. The van der Waals surface area contributed by atoms with Crippen molar-refractivity contribution in [2.75, 3.05) is 7.11 Å². The van der Waals surface area contributed by atoms with Crippen LogP contribution in [0.4, 0.5) is 0 Å². The number of ether oxygens (including phenoxy) is 1. The molecule has 2 aliphatic heterocycles. The summed E-state index contributed by atoms with van der Waals surface area (Å²) in [6.45, 7) is 0.953. The molecule has 0 aliphatic carbocycles. The summed E-state index contributed by atoms with van der Waals surface area (Å²) in [4.78, 5) is 2.86. The van der Waals surface area contributed by atoms with Gasteiger partial charge >= 0.3 is 0 Å². The molecular formula is C21H26N2O3S. The van der Waals surface area contributed by atoms with Crippen molar-refractivity contribution in [1.82, 2.24) is 9.62 Å². The van der Waals surface area contributed by atoms with Crippen LogP contribution < -0.4 is 9.46 Å². The SMILES string of the molecule is COc1ccc(S(=O)(=O)NC2CC3CCC(C2)N3Cc2ccccc2)cc1. The van der Waals surface area contributed by atoms with Crippen LogP contribution in [0, 0.1) is 0 Å². The highest BCUT2D eigenvalue weighted by Gasteiger charge is 2.41. The average molecular weight is 387 g/mol. The highest BCUT2D eigenvalue weighted by Crippen LogP contribution is 2.37. The lowest BCUT2D eigenvalue weighted by molar-refractivity contribution is 0.115. The maximum Gasteiger partial charge on any atom is 0.240 e. The lowest BCUT2D eigenvalue weighted by Crippen LogP contribution is -2.49. The molecule has 0 radical (unpaired) electrons. The summed E-state index contributed by atoms with van der Waals surface area (Å²) in [5.41, 5.74) is 1.33. The molecule has 0 saturated carbocycles. The number of nitrogens with one attached hydrogen (secondary N) is 1. The fourth-order valence-electron chi connectivity index (χ4n) is 4.47. The van der Waals surface area contributed by atoms with Gasteiger partial charge in [0.2, 0.25) is 10.0 Å². The van der Waals surface area contributed by atoms with E-state index in [2.05, 4.69) is 33.9 Å². The van der Waals surface area contributed by atoms with E-state index >= 15 is 0 Å². The first-order chi connectivity index (χ1) is 13.0. The first-order valence-corrected chi connectivity index (χ1v) is 11.0. The molecule has 2 bridgehead atoms. The second kappa shape index (κ2) is 7.62. The zero-order chi connectivity index (χ0) is 18.9. The van der Waals surface area contributed by atoms with Gasteiger partial charge in [0.25, 0.3) is 0 Å². The van der Waals surface area contributed by atoms with Crippen molar-refractivity contribution in [2.24, 2.45) is 0 Å². The third kappa shape index (κ3) is 4.03. The van der Waals surface area contributed by atoms with Gasteiger partial charge in [-0.3, -0.25) is 4.90 Å². The molecule has 144 valence electrons. The van der Waals surface area contributed by atoms with Crippen molar-refractivity contribution >= 4 is 10.0 Å². The Labute approximate surface area is 161 Å². The number of methoxy groups -OCH3 is 1. The standard InChI is InChI=1S/C21H26N2O3S/c1-26-20-9-11-21(12-10-20)27(24,25)22-17-13-18-7-8-19(14-17)23(18)15-16-5-3-2-4-6-16/h2-6,9-12,17-19,22H,7-8,13-15H2,1H3. The highest BCUT2D eigenvalue weighted by molar-refractivity contribution is 7.89. The summed E-state index contributed by atoms with van der Waals surface area (Å²) < 4.78 is 33.5. The third-order valence-corrected chi connectivity index (χ3v) is 7.32. The second-order valence-electron chi connectivity index (χ2n) is 7.51. The summed E-state index contributed by atoms with van der Waals surface area (Å²) in [6, 6.07) is 18.0. The normalized spacial score (nSPS) is 25.4. The lowest BCUT2D eigenvalue weighted by atomic mass is 9.97. The predicted molar refractivity (Wildman–Crippen MR) is 105 cm³/mol. The molecule has 2 unspecified atom stereocenters. The van der Waals surface area contributed by atoms with Crippen LogP contribution in [-0.4, -0.2) is 38.6 Å². The van der Waals surface area contributed by atoms with Crippen LogP contribution in [0.25, 0.3) is 0 Å². The topological polar surface area (TPSA) is 58.6 Å². The van der Waals surface area contributed by atoms with Crippen molar-refractivity contribution in [1.29, 1.82) is 0 Å². The van der Waals surface area contributed by atoms with Crippen LogP contribution in [0.15, 0.2) is 59.5 Å². The second-order valence-corrected chi connectivity index (χ2v) is 9.22. The number of sulfonamides is 1. The van der Waals surface area contributed by atoms with Crippen molar-refractivity contribution in [3.8, 4) is 5.75 Å². The van der Waals surface area contributed by atoms with Gasteiger partial charge in [0, 0.05) is 24.7 Å². The number of rotatable bonds is 6. The Morgan fingerprint density at radius 2 is 1.63 bits per heavy atom. The van der Waals surface area contributed by atoms with Gasteiger partial charge in [-0.15, -0.1) is 0 Å². The Morgan fingerprint density at radius 1 is 1.00 bits per heavy atom. The minimum atomic E-state index is -3.50. The zero-order valence-corrected chi connectivity index (χ0v) is 16.4. The minimum absolute atomic E-state index is 0.00150. The van der Waals surface area contributed by atoms with Gasteiger partial charge in [-0.1, -0.05) is 30.3 Å². The van der Waals surface area contributed by atoms with Gasteiger partial charge < -0.3 is 4.74 Å². The van der Waals surface area contributed by atoms with Crippen molar-refractivity contribution in [3.05, 3.63) is 60.2 Å². The molecule has 2 aromatic rings. The van der Waals surface area contributed by atoms with Crippen LogP contribution >= 0.6 is 0 Å². The lowest BCUT2D eigenvalue weighted by Gasteiger charge is -2.39. The number of piperidine rings is 1. The smallest absolute Gasteiger partial charge is 0.240 e. The Kier molecular flexibility index (Phi) is 5.21. The molecule has 27 heavy (non-hydrogen) atoms. The van der Waals surface area contributed by atoms with E-state index in [4.69, 9.17) is 4.74 Å². The first-order valence-electron chi connectivity index (χ1n) is 9.51. The van der Waals surface area contributed by atoms with E-state index in [1.807, 2.05) is 6.07 Å². The number of hydrogen-bond acceptors (Lipinski definition) is 4. The van der Waals surface area contributed by atoms with Crippen molar-refractivity contribution in [3.63, 3.8) is 0 Å². The molecule has 1 N–H and O–H groups in total. The number of nitrogens with zero attached hydrogens (tertiary/aromatic N) is 1. The molecule has 2 aliphatic rings. The molecule has 0 spiro atoms. The molecule has 2 heterocycles. The maximum absolute atomic E-state index is 12.7. The molecule has 2 aromatic carbocycles. The molecule has 0 aromatic heterocycles. The number of benzene rings is 2. The summed E-state index contributed by atoms with van der Waals surface area (Å²) in [6.07, 6.45) is 4.05. The monoisotopic (exact) mass is 386 g/mol. The Bertz CT molecular complexity index is 854. The molecule has 5 nitrogen and oxygen atoms in total. The van der Waals surface area contributed by atoms with E-state index in [1.165, 1.54) is 5.56 Å². The van der Waals surface area contributed by atoms with E-state index in [0.29, 0.717) is 22.7 Å². The van der Waals surface area contributed by atoms with E-state index in [1.54, 1.807) is 31.4 Å². The van der Waals surface area contributed by atoms with Crippen molar-refractivity contribution < 1.29 is 13.2 Å². The zero-order valence-electron chi connectivity index (χ0n) is 15.5. The van der Waals surface area contributed by atoms with Gasteiger partial charge in [-0.25, -0.2) is 13.1 Å². The quantitative estimate of drug-likeness (QED) is 0.828. The maximum atomic E-state index is 12.7. The minimum Gasteiger partial charge on any atom is -0.497 e. The molecule has 2 atom stereocenters. The van der Waals surface area contributed by atoms with Crippen LogP contribution in [0.3, 0.4) is 0 Å². The fourth-order valence-corrected chi connectivity index (χ4v) is 5.73. The summed E-state index contributed by atoms with van der Waals surface area (Å²) in [7, 11) is -1.93. The van der Waals surface area contributed by atoms with Crippen LogP contribution in [-0.2, 0) is 16.6 Å². The first kappa shape index (κ1) is 18.5. The van der Waals surface area contributed by atoms with E-state index in [9.17, 15) is 8.42 Å².